The predicted molar refractivity (Wildman–Crippen MR) is 87.1 cm³/mol. The normalized spacial score (nSPS) is 11.9. The number of carbonyl (C=O) groups excluding carboxylic acids is 1. The van der Waals surface area contributed by atoms with Crippen molar-refractivity contribution in [1.82, 2.24) is 0 Å². The summed E-state index contributed by atoms with van der Waals surface area (Å²) in [7, 11) is -6.94. The van der Waals surface area contributed by atoms with E-state index in [0.29, 0.717) is 0 Å². The average molecular weight is 353 g/mol. The number of sulfone groups is 2. The molecule has 122 valence electrons. The van der Waals surface area contributed by atoms with Crippen molar-refractivity contribution < 1.29 is 21.6 Å². The number of amides is 1. The molecule has 1 amide bonds. The highest BCUT2D eigenvalue weighted by atomic mass is 32.2. The van der Waals surface area contributed by atoms with Gasteiger partial charge in [0.1, 0.15) is 0 Å². The molecule has 0 aliphatic carbocycles. The quantitative estimate of drug-likeness (QED) is 0.903. The number of para-hydroxylation sites is 1. The number of anilines is 1. The van der Waals surface area contributed by atoms with Crippen LogP contribution >= 0.6 is 0 Å². The van der Waals surface area contributed by atoms with Crippen LogP contribution in [0.1, 0.15) is 10.4 Å². The van der Waals surface area contributed by atoms with Crippen LogP contribution in [-0.4, -0.2) is 35.3 Å². The lowest BCUT2D eigenvalue weighted by atomic mass is 10.2. The molecule has 0 saturated heterocycles. The highest BCUT2D eigenvalue weighted by molar-refractivity contribution is 7.91. The second-order valence-electron chi connectivity index (χ2n) is 5.02. The Morgan fingerprint density at radius 3 is 2.13 bits per heavy atom. The molecular weight excluding hydrogens is 338 g/mol. The smallest absolute Gasteiger partial charge is 0.255 e. The maximum atomic E-state index is 12.3. The maximum absolute atomic E-state index is 12.3. The van der Waals surface area contributed by atoms with Crippen LogP contribution in [-0.2, 0) is 19.7 Å². The summed E-state index contributed by atoms with van der Waals surface area (Å²) < 4.78 is 46.5. The van der Waals surface area contributed by atoms with E-state index in [-0.39, 0.29) is 21.0 Å². The molecule has 8 heteroatoms. The van der Waals surface area contributed by atoms with Gasteiger partial charge < -0.3 is 5.32 Å². The number of hydrogen-bond acceptors (Lipinski definition) is 5. The SMILES string of the molecule is CS(=O)(=O)c1cccc(C(=O)Nc2ccccc2S(C)(=O)=O)c1. The van der Waals surface area contributed by atoms with Gasteiger partial charge in [0.15, 0.2) is 19.7 Å². The van der Waals surface area contributed by atoms with Crippen molar-refractivity contribution in [2.45, 2.75) is 9.79 Å². The van der Waals surface area contributed by atoms with Gasteiger partial charge in [0, 0.05) is 18.1 Å². The Bertz CT molecular complexity index is 963. The molecule has 0 aliphatic rings. The van der Waals surface area contributed by atoms with Crippen LogP contribution in [0.5, 0.6) is 0 Å². The van der Waals surface area contributed by atoms with E-state index in [0.717, 1.165) is 12.5 Å². The molecule has 2 rings (SSSR count). The Kier molecular flexibility index (Phi) is 4.58. The van der Waals surface area contributed by atoms with Gasteiger partial charge in [0.2, 0.25) is 0 Å². The third-order valence-electron chi connectivity index (χ3n) is 3.06. The largest absolute Gasteiger partial charge is 0.321 e. The van der Waals surface area contributed by atoms with Crippen molar-refractivity contribution >= 4 is 31.3 Å². The van der Waals surface area contributed by atoms with Gasteiger partial charge in [-0.15, -0.1) is 0 Å². The zero-order valence-electron chi connectivity index (χ0n) is 12.5. The molecule has 0 unspecified atom stereocenters. The highest BCUT2D eigenvalue weighted by Gasteiger charge is 2.16. The molecule has 2 aromatic rings. The number of rotatable bonds is 4. The van der Waals surface area contributed by atoms with E-state index in [1.165, 1.54) is 36.4 Å². The van der Waals surface area contributed by atoms with Gasteiger partial charge in [-0.25, -0.2) is 16.8 Å². The van der Waals surface area contributed by atoms with Crippen molar-refractivity contribution in [1.29, 1.82) is 0 Å². The lowest BCUT2D eigenvalue weighted by molar-refractivity contribution is 0.102. The zero-order chi connectivity index (χ0) is 17.3. The summed E-state index contributed by atoms with van der Waals surface area (Å²) in [6.07, 6.45) is 2.09. The molecule has 0 spiro atoms. The summed E-state index contributed by atoms with van der Waals surface area (Å²) in [5.41, 5.74) is 0.265. The van der Waals surface area contributed by atoms with Gasteiger partial charge in [-0.1, -0.05) is 18.2 Å². The molecule has 1 N–H and O–H groups in total. The molecule has 0 radical (unpaired) electrons. The Labute approximate surface area is 135 Å². The van der Waals surface area contributed by atoms with Crippen LogP contribution in [0, 0.1) is 0 Å². The van der Waals surface area contributed by atoms with Gasteiger partial charge in [0.25, 0.3) is 5.91 Å². The summed E-state index contributed by atoms with van der Waals surface area (Å²) >= 11 is 0. The van der Waals surface area contributed by atoms with E-state index in [9.17, 15) is 21.6 Å². The first-order chi connectivity index (χ1) is 10.6. The first-order valence-electron chi connectivity index (χ1n) is 6.49. The second-order valence-corrected chi connectivity index (χ2v) is 9.02. The number of nitrogens with one attached hydrogen (secondary N) is 1. The van der Waals surface area contributed by atoms with Gasteiger partial charge >= 0.3 is 0 Å². The summed E-state index contributed by atoms with van der Waals surface area (Å²) in [5.74, 6) is -0.591. The van der Waals surface area contributed by atoms with Gasteiger partial charge in [-0.3, -0.25) is 4.79 Å². The molecule has 0 saturated carbocycles. The number of hydrogen-bond donors (Lipinski definition) is 1. The fourth-order valence-electron chi connectivity index (χ4n) is 1.96. The monoisotopic (exact) mass is 353 g/mol. The molecule has 23 heavy (non-hydrogen) atoms. The third kappa shape index (κ3) is 4.17. The Balaban J connectivity index is 2.38. The highest BCUT2D eigenvalue weighted by Crippen LogP contribution is 2.21. The van der Waals surface area contributed by atoms with E-state index in [1.54, 1.807) is 12.1 Å². The Morgan fingerprint density at radius 2 is 1.52 bits per heavy atom. The Morgan fingerprint density at radius 1 is 0.870 bits per heavy atom. The molecule has 0 fully saturated rings. The topological polar surface area (TPSA) is 97.4 Å². The van der Waals surface area contributed by atoms with Crippen LogP contribution in [0.15, 0.2) is 58.3 Å². The first-order valence-corrected chi connectivity index (χ1v) is 10.3. The molecule has 0 heterocycles. The van der Waals surface area contributed by atoms with Gasteiger partial charge in [-0.05, 0) is 30.3 Å². The van der Waals surface area contributed by atoms with E-state index < -0.39 is 25.6 Å². The van der Waals surface area contributed by atoms with Crippen LogP contribution in [0.25, 0.3) is 0 Å². The van der Waals surface area contributed by atoms with Crippen molar-refractivity contribution in [3.8, 4) is 0 Å². The third-order valence-corrected chi connectivity index (χ3v) is 5.32. The van der Waals surface area contributed by atoms with Crippen LogP contribution in [0.2, 0.25) is 0 Å². The minimum atomic E-state index is -3.50. The van der Waals surface area contributed by atoms with Crippen LogP contribution in [0.3, 0.4) is 0 Å². The van der Waals surface area contributed by atoms with Crippen LogP contribution in [0.4, 0.5) is 5.69 Å². The molecule has 0 aromatic heterocycles. The summed E-state index contributed by atoms with van der Waals surface area (Å²) in [6, 6.07) is 11.5. The summed E-state index contributed by atoms with van der Waals surface area (Å²) in [4.78, 5) is 12.3. The van der Waals surface area contributed by atoms with E-state index >= 15 is 0 Å². The fraction of sp³-hybridized carbons (Fsp3) is 0.133. The van der Waals surface area contributed by atoms with Crippen molar-refractivity contribution in [3.05, 3.63) is 54.1 Å². The van der Waals surface area contributed by atoms with Gasteiger partial charge in [-0.2, -0.15) is 0 Å². The molecule has 0 bridgehead atoms. The fourth-order valence-corrected chi connectivity index (χ4v) is 3.47. The average Bonchev–Trinajstić information content (AvgIpc) is 2.46. The predicted octanol–water partition coefficient (Wildman–Crippen LogP) is 1.75. The van der Waals surface area contributed by atoms with Gasteiger partial charge in [0.05, 0.1) is 15.5 Å². The minimum Gasteiger partial charge on any atom is -0.321 e. The molecular formula is C15H15NO5S2. The number of benzene rings is 2. The summed E-state index contributed by atoms with van der Waals surface area (Å²) in [6.45, 7) is 0. The van der Waals surface area contributed by atoms with E-state index in [2.05, 4.69) is 5.32 Å². The molecule has 2 aromatic carbocycles. The Hall–Kier alpha value is -2.19. The minimum absolute atomic E-state index is 0.00684. The lowest BCUT2D eigenvalue weighted by Gasteiger charge is -2.10. The number of carbonyl (C=O) groups is 1. The maximum Gasteiger partial charge on any atom is 0.255 e. The molecule has 6 nitrogen and oxygen atoms in total. The van der Waals surface area contributed by atoms with Crippen molar-refractivity contribution in [3.63, 3.8) is 0 Å². The molecule has 0 atom stereocenters. The zero-order valence-corrected chi connectivity index (χ0v) is 14.1. The summed E-state index contributed by atoms with van der Waals surface area (Å²) in [5, 5.41) is 2.50. The lowest BCUT2D eigenvalue weighted by Crippen LogP contribution is -2.15. The molecule has 0 aliphatic heterocycles. The van der Waals surface area contributed by atoms with Crippen molar-refractivity contribution in [2.75, 3.05) is 17.8 Å². The van der Waals surface area contributed by atoms with E-state index in [1.807, 2.05) is 0 Å². The standard InChI is InChI=1S/C15H15NO5S2/c1-22(18,19)12-7-5-6-11(10-12)15(17)16-13-8-3-4-9-14(13)23(2,20)21/h3-10H,1-2H3,(H,16,17). The second kappa shape index (κ2) is 6.13. The van der Waals surface area contributed by atoms with Crippen LogP contribution < -0.4 is 5.32 Å². The first kappa shape index (κ1) is 17.2. The van der Waals surface area contributed by atoms with E-state index in [4.69, 9.17) is 0 Å². The van der Waals surface area contributed by atoms with Crippen molar-refractivity contribution in [2.24, 2.45) is 0 Å².